The number of nitrogens with one attached hydrogen (secondary N) is 1. The Labute approximate surface area is 111 Å². The predicted octanol–water partition coefficient (Wildman–Crippen LogP) is 2.82. The maximum atomic E-state index is 5.97. The molecule has 0 spiro atoms. The number of fused-ring (bicyclic) bond motifs is 1. The van der Waals surface area contributed by atoms with Crippen LogP contribution in [0.5, 0.6) is 0 Å². The zero-order valence-corrected chi connectivity index (χ0v) is 10.4. The highest BCUT2D eigenvalue weighted by Gasteiger charge is 2.03. The molecule has 0 fully saturated rings. The number of pyridine rings is 2. The Balaban J connectivity index is 1.91. The smallest absolute Gasteiger partial charge is 0.0439 e. The van der Waals surface area contributed by atoms with Gasteiger partial charge in [-0.05, 0) is 29.8 Å². The normalized spacial score (nSPS) is 10.5. The fraction of sp³-hybridized carbons (Fsp3) is 0.0667. The number of nitrogen functional groups attached to an aromatic ring is 1. The van der Waals surface area contributed by atoms with E-state index in [2.05, 4.69) is 15.3 Å². The highest BCUT2D eigenvalue weighted by atomic mass is 14.9. The van der Waals surface area contributed by atoms with Crippen LogP contribution in [0, 0.1) is 0 Å². The maximum Gasteiger partial charge on any atom is 0.0439 e. The van der Waals surface area contributed by atoms with Gasteiger partial charge in [0.25, 0.3) is 0 Å². The van der Waals surface area contributed by atoms with Crippen molar-refractivity contribution in [1.29, 1.82) is 0 Å². The average molecular weight is 250 g/mol. The van der Waals surface area contributed by atoms with Gasteiger partial charge in [0.05, 0.1) is 0 Å². The van der Waals surface area contributed by atoms with E-state index in [1.54, 1.807) is 12.4 Å². The van der Waals surface area contributed by atoms with E-state index in [9.17, 15) is 0 Å². The summed E-state index contributed by atoms with van der Waals surface area (Å²) in [5, 5.41) is 5.45. The summed E-state index contributed by atoms with van der Waals surface area (Å²) in [6.07, 6.45) is 7.21. The van der Waals surface area contributed by atoms with Crippen LogP contribution in [0.15, 0.2) is 55.1 Å². The molecule has 3 N–H and O–H groups in total. The summed E-state index contributed by atoms with van der Waals surface area (Å²) in [6, 6.07) is 9.79. The van der Waals surface area contributed by atoms with Crippen LogP contribution in [0.1, 0.15) is 5.56 Å². The zero-order valence-electron chi connectivity index (χ0n) is 10.4. The molecule has 0 amide bonds. The summed E-state index contributed by atoms with van der Waals surface area (Å²) < 4.78 is 0. The summed E-state index contributed by atoms with van der Waals surface area (Å²) in [5.41, 5.74) is 8.90. The Morgan fingerprint density at radius 2 is 1.84 bits per heavy atom. The molecule has 0 saturated heterocycles. The van der Waals surface area contributed by atoms with Crippen molar-refractivity contribution in [3.63, 3.8) is 0 Å². The number of benzene rings is 1. The molecule has 2 heterocycles. The third kappa shape index (κ3) is 2.33. The van der Waals surface area contributed by atoms with E-state index < -0.39 is 0 Å². The molecule has 3 aromatic rings. The number of rotatable bonds is 3. The van der Waals surface area contributed by atoms with E-state index in [1.165, 1.54) is 0 Å². The predicted molar refractivity (Wildman–Crippen MR) is 77.7 cm³/mol. The van der Waals surface area contributed by atoms with Crippen LogP contribution < -0.4 is 11.1 Å². The summed E-state index contributed by atoms with van der Waals surface area (Å²) in [4.78, 5) is 8.26. The second kappa shape index (κ2) is 4.94. The lowest BCUT2D eigenvalue weighted by molar-refractivity contribution is 1.12. The van der Waals surface area contributed by atoms with Crippen LogP contribution in [0.4, 0.5) is 11.4 Å². The highest BCUT2D eigenvalue weighted by Crippen LogP contribution is 2.27. The first-order valence-corrected chi connectivity index (χ1v) is 6.09. The fourth-order valence-corrected chi connectivity index (χ4v) is 2.07. The molecule has 19 heavy (non-hydrogen) atoms. The molecule has 1 aromatic carbocycles. The molecule has 0 radical (unpaired) electrons. The van der Waals surface area contributed by atoms with Gasteiger partial charge in [-0.3, -0.25) is 9.97 Å². The molecule has 0 aliphatic carbocycles. The fourth-order valence-electron chi connectivity index (χ4n) is 2.07. The average Bonchev–Trinajstić information content (AvgIpc) is 2.48. The molecular formula is C15H14N4. The quantitative estimate of drug-likeness (QED) is 0.702. The van der Waals surface area contributed by atoms with Crippen molar-refractivity contribution in [3.05, 3.63) is 60.7 Å². The number of nitrogens with zero attached hydrogens (tertiary/aromatic N) is 2. The second-order valence-corrected chi connectivity index (χ2v) is 4.34. The van der Waals surface area contributed by atoms with Crippen LogP contribution in [-0.4, -0.2) is 9.97 Å². The first kappa shape index (κ1) is 11.5. The van der Waals surface area contributed by atoms with E-state index >= 15 is 0 Å². The summed E-state index contributed by atoms with van der Waals surface area (Å²) in [5.74, 6) is 0. The van der Waals surface area contributed by atoms with Gasteiger partial charge in [0.15, 0.2) is 0 Å². The van der Waals surface area contributed by atoms with Crippen LogP contribution in [-0.2, 0) is 6.54 Å². The minimum absolute atomic E-state index is 0.724. The molecule has 0 aliphatic rings. The Kier molecular flexibility index (Phi) is 2.98. The van der Waals surface area contributed by atoms with E-state index in [4.69, 9.17) is 5.73 Å². The topological polar surface area (TPSA) is 63.8 Å². The van der Waals surface area contributed by atoms with Gasteiger partial charge in [-0.25, -0.2) is 0 Å². The van der Waals surface area contributed by atoms with Gasteiger partial charge >= 0.3 is 0 Å². The number of aromatic nitrogens is 2. The maximum absolute atomic E-state index is 5.97. The van der Waals surface area contributed by atoms with Crippen LogP contribution in [0.3, 0.4) is 0 Å². The van der Waals surface area contributed by atoms with E-state index in [0.29, 0.717) is 0 Å². The number of nitrogens with two attached hydrogens (primary N) is 1. The SMILES string of the molecule is Nc1ccc(NCc2cccnc2)c2cnccc12. The van der Waals surface area contributed by atoms with Gasteiger partial charge in [0, 0.05) is 53.5 Å². The summed E-state index contributed by atoms with van der Waals surface area (Å²) in [7, 11) is 0. The molecule has 0 aliphatic heterocycles. The van der Waals surface area contributed by atoms with Crippen LogP contribution in [0.2, 0.25) is 0 Å². The molecule has 3 rings (SSSR count). The van der Waals surface area contributed by atoms with Gasteiger partial charge < -0.3 is 11.1 Å². The minimum Gasteiger partial charge on any atom is -0.398 e. The zero-order chi connectivity index (χ0) is 13.1. The van der Waals surface area contributed by atoms with Crippen molar-refractivity contribution in [2.45, 2.75) is 6.54 Å². The Morgan fingerprint density at radius 3 is 2.68 bits per heavy atom. The largest absolute Gasteiger partial charge is 0.398 e. The van der Waals surface area contributed by atoms with Crippen molar-refractivity contribution < 1.29 is 0 Å². The third-order valence-electron chi connectivity index (χ3n) is 3.06. The lowest BCUT2D eigenvalue weighted by Crippen LogP contribution is -2.01. The van der Waals surface area contributed by atoms with Crippen molar-refractivity contribution in [2.75, 3.05) is 11.1 Å². The Hall–Kier alpha value is -2.62. The lowest BCUT2D eigenvalue weighted by Gasteiger charge is -2.10. The third-order valence-corrected chi connectivity index (χ3v) is 3.06. The molecule has 2 aromatic heterocycles. The standard InChI is InChI=1S/C15H14N4/c16-14-3-4-15(13-10-18-7-5-12(13)14)19-9-11-2-1-6-17-8-11/h1-8,10,19H,9,16H2. The molecule has 4 heteroatoms. The molecule has 0 unspecified atom stereocenters. The number of hydrogen-bond acceptors (Lipinski definition) is 4. The van der Waals surface area contributed by atoms with Crippen molar-refractivity contribution in [3.8, 4) is 0 Å². The highest BCUT2D eigenvalue weighted by molar-refractivity contribution is 6.00. The van der Waals surface area contributed by atoms with Gasteiger partial charge in [-0.1, -0.05) is 6.07 Å². The van der Waals surface area contributed by atoms with Crippen molar-refractivity contribution in [1.82, 2.24) is 9.97 Å². The minimum atomic E-state index is 0.724. The van der Waals surface area contributed by atoms with Gasteiger partial charge in [0.2, 0.25) is 0 Å². The van der Waals surface area contributed by atoms with E-state index in [0.717, 1.165) is 34.3 Å². The molecule has 4 nitrogen and oxygen atoms in total. The summed E-state index contributed by atoms with van der Waals surface area (Å²) >= 11 is 0. The lowest BCUT2D eigenvalue weighted by atomic mass is 10.1. The molecular weight excluding hydrogens is 236 g/mol. The first-order valence-electron chi connectivity index (χ1n) is 6.09. The van der Waals surface area contributed by atoms with Gasteiger partial charge in [-0.2, -0.15) is 0 Å². The molecule has 0 atom stereocenters. The van der Waals surface area contributed by atoms with Crippen LogP contribution in [0.25, 0.3) is 10.8 Å². The summed E-state index contributed by atoms with van der Waals surface area (Å²) in [6.45, 7) is 0.724. The Bertz CT molecular complexity index is 695. The molecule has 0 saturated carbocycles. The van der Waals surface area contributed by atoms with E-state index in [1.807, 2.05) is 42.7 Å². The van der Waals surface area contributed by atoms with Crippen LogP contribution >= 0.6 is 0 Å². The monoisotopic (exact) mass is 250 g/mol. The van der Waals surface area contributed by atoms with E-state index in [-0.39, 0.29) is 0 Å². The van der Waals surface area contributed by atoms with Gasteiger partial charge in [-0.15, -0.1) is 0 Å². The first-order chi connectivity index (χ1) is 9.34. The second-order valence-electron chi connectivity index (χ2n) is 4.34. The number of hydrogen-bond donors (Lipinski definition) is 2. The molecule has 0 bridgehead atoms. The van der Waals surface area contributed by atoms with Crippen molar-refractivity contribution in [2.24, 2.45) is 0 Å². The Morgan fingerprint density at radius 1 is 0.947 bits per heavy atom. The van der Waals surface area contributed by atoms with Gasteiger partial charge in [0.1, 0.15) is 0 Å². The van der Waals surface area contributed by atoms with Crippen molar-refractivity contribution >= 4 is 22.1 Å². The molecule has 94 valence electrons. The number of anilines is 2.